The van der Waals surface area contributed by atoms with Gasteiger partial charge in [-0.2, -0.15) is 0 Å². The molecule has 0 aliphatic carbocycles. The molecule has 1 unspecified atom stereocenters. The maximum atomic E-state index is 12.3. The van der Waals surface area contributed by atoms with Crippen molar-refractivity contribution >= 4 is 11.9 Å². The Labute approximate surface area is 450 Å². The molecule has 0 spiro atoms. The average Bonchev–Trinajstić information content (AvgIpc) is 3.39. The van der Waals surface area contributed by atoms with Gasteiger partial charge in [-0.15, -0.1) is 0 Å². The summed E-state index contributed by atoms with van der Waals surface area (Å²) in [5.41, 5.74) is 0. The molecule has 0 aliphatic heterocycles. The lowest BCUT2D eigenvalue weighted by Crippen LogP contribution is -2.28. The van der Waals surface area contributed by atoms with E-state index in [9.17, 15) is 14.7 Å². The van der Waals surface area contributed by atoms with Gasteiger partial charge in [-0.1, -0.05) is 255 Å². The van der Waals surface area contributed by atoms with Gasteiger partial charge in [0.1, 0.15) is 6.61 Å². The van der Waals surface area contributed by atoms with Crippen molar-refractivity contribution in [3.63, 3.8) is 0 Å². The fraction of sp³-hybridized carbons (Fsp3) is 0.588. The number of hydrogen-bond donors (Lipinski definition) is 1. The minimum atomic E-state index is -0.799. The number of allylic oxidation sites excluding steroid dienone is 26. The van der Waals surface area contributed by atoms with Crippen LogP contribution >= 0.6 is 0 Å². The largest absolute Gasteiger partial charge is 0.462 e. The highest BCUT2D eigenvalue weighted by Crippen LogP contribution is 2.13. The van der Waals surface area contributed by atoms with E-state index in [2.05, 4.69) is 172 Å². The molecule has 0 bridgehead atoms. The molecule has 5 heteroatoms. The lowest BCUT2D eigenvalue weighted by atomic mass is 10.1. The van der Waals surface area contributed by atoms with Crippen LogP contribution in [0.5, 0.6) is 0 Å². The molecule has 0 saturated carbocycles. The van der Waals surface area contributed by atoms with Crippen LogP contribution in [0.15, 0.2) is 158 Å². The highest BCUT2D eigenvalue weighted by atomic mass is 16.6. The van der Waals surface area contributed by atoms with Crippen LogP contribution in [0.3, 0.4) is 0 Å². The Hall–Kier alpha value is -4.48. The Bertz CT molecular complexity index is 1610. The van der Waals surface area contributed by atoms with Crippen molar-refractivity contribution in [2.45, 2.75) is 245 Å². The van der Waals surface area contributed by atoms with Crippen molar-refractivity contribution in [3.05, 3.63) is 158 Å². The van der Waals surface area contributed by atoms with Crippen LogP contribution in [-0.2, 0) is 19.1 Å². The van der Waals surface area contributed by atoms with Crippen LogP contribution in [0.25, 0.3) is 0 Å². The normalized spacial score (nSPS) is 13.4. The zero-order valence-corrected chi connectivity index (χ0v) is 46.8. The quantitative estimate of drug-likeness (QED) is 0.0373. The molecule has 0 radical (unpaired) electrons. The zero-order chi connectivity index (χ0) is 52.7. The topological polar surface area (TPSA) is 72.8 Å². The lowest BCUT2D eigenvalue weighted by Gasteiger charge is -2.15. The molecule has 0 aliphatic rings. The fourth-order valence-corrected chi connectivity index (χ4v) is 7.65. The number of esters is 2. The third kappa shape index (κ3) is 60.0. The Kier molecular flexibility index (Phi) is 58.0. The maximum absolute atomic E-state index is 12.3. The highest BCUT2D eigenvalue weighted by molar-refractivity contribution is 5.70. The van der Waals surface area contributed by atoms with Gasteiger partial charge < -0.3 is 14.6 Å². The first-order chi connectivity index (χ1) is 36.1. The minimum Gasteiger partial charge on any atom is -0.462 e. The van der Waals surface area contributed by atoms with Gasteiger partial charge in [-0.25, -0.2) is 0 Å². The third-order valence-corrected chi connectivity index (χ3v) is 12.1. The van der Waals surface area contributed by atoms with Crippen molar-refractivity contribution in [2.24, 2.45) is 0 Å². The minimum absolute atomic E-state index is 0.0871. The predicted octanol–water partition coefficient (Wildman–Crippen LogP) is 20.4. The Morgan fingerprint density at radius 3 is 0.904 bits per heavy atom. The second-order valence-corrected chi connectivity index (χ2v) is 19.0. The number of aliphatic hydroxyl groups is 1. The van der Waals surface area contributed by atoms with Gasteiger partial charge in [0.05, 0.1) is 6.61 Å². The molecular formula is C68H108O5. The number of hydrogen-bond acceptors (Lipinski definition) is 5. The SMILES string of the molecule is CC/C=C\C/C=C\C/C=C\C/C=C\C/C=C\C/C=C\C/C=C\C/C=C\C/C=C\C/C=C\C/C=C\C/C=C\CCCCCCC(=O)OC(CO)COC(=O)CCCCCCCCC/C=C\CCCCCCCCC. The summed E-state index contributed by atoms with van der Waals surface area (Å²) in [6, 6.07) is 0. The van der Waals surface area contributed by atoms with Crippen LogP contribution in [0.1, 0.15) is 239 Å². The molecule has 0 aromatic rings. The third-order valence-electron chi connectivity index (χ3n) is 12.1. The predicted molar refractivity (Wildman–Crippen MR) is 320 cm³/mol. The van der Waals surface area contributed by atoms with E-state index in [4.69, 9.17) is 9.47 Å². The first-order valence-electron chi connectivity index (χ1n) is 29.5. The zero-order valence-electron chi connectivity index (χ0n) is 46.8. The highest BCUT2D eigenvalue weighted by Gasteiger charge is 2.16. The first kappa shape index (κ1) is 68.5. The summed E-state index contributed by atoms with van der Waals surface area (Å²) in [7, 11) is 0. The summed E-state index contributed by atoms with van der Waals surface area (Å²) in [6.45, 7) is 4.00. The number of aliphatic hydroxyl groups excluding tert-OH is 1. The van der Waals surface area contributed by atoms with E-state index >= 15 is 0 Å². The number of rotatable bonds is 52. The molecule has 0 heterocycles. The second kappa shape index (κ2) is 61.8. The van der Waals surface area contributed by atoms with Crippen LogP contribution < -0.4 is 0 Å². The maximum Gasteiger partial charge on any atom is 0.306 e. The fourth-order valence-electron chi connectivity index (χ4n) is 7.65. The van der Waals surface area contributed by atoms with E-state index in [0.717, 1.165) is 128 Å². The molecule has 0 rings (SSSR count). The van der Waals surface area contributed by atoms with E-state index in [-0.39, 0.29) is 25.2 Å². The summed E-state index contributed by atoms with van der Waals surface area (Å²) >= 11 is 0. The molecular weight excluding hydrogens is 897 g/mol. The van der Waals surface area contributed by atoms with Crippen molar-refractivity contribution < 1.29 is 24.2 Å². The van der Waals surface area contributed by atoms with Crippen molar-refractivity contribution in [3.8, 4) is 0 Å². The molecule has 0 fully saturated rings. The average molecular weight is 1010 g/mol. The number of carbonyl (C=O) groups excluding carboxylic acids is 2. The monoisotopic (exact) mass is 1000 g/mol. The second-order valence-electron chi connectivity index (χ2n) is 19.0. The first-order valence-corrected chi connectivity index (χ1v) is 29.5. The molecule has 0 saturated heterocycles. The van der Waals surface area contributed by atoms with Gasteiger partial charge in [0.2, 0.25) is 0 Å². The number of unbranched alkanes of at least 4 members (excludes halogenated alkanes) is 18. The van der Waals surface area contributed by atoms with Gasteiger partial charge in [0.25, 0.3) is 0 Å². The summed E-state index contributed by atoms with van der Waals surface area (Å²) < 4.78 is 10.7. The van der Waals surface area contributed by atoms with Crippen LogP contribution in [0, 0.1) is 0 Å². The Balaban J connectivity index is 3.67. The van der Waals surface area contributed by atoms with Crippen molar-refractivity contribution in [2.75, 3.05) is 13.2 Å². The smallest absolute Gasteiger partial charge is 0.306 e. The molecule has 1 atom stereocenters. The van der Waals surface area contributed by atoms with Crippen LogP contribution in [0.2, 0.25) is 0 Å². The van der Waals surface area contributed by atoms with E-state index in [0.29, 0.717) is 12.8 Å². The molecule has 0 aromatic carbocycles. The Morgan fingerprint density at radius 2 is 0.589 bits per heavy atom. The molecule has 410 valence electrons. The Morgan fingerprint density at radius 1 is 0.329 bits per heavy atom. The molecule has 73 heavy (non-hydrogen) atoms. The molecule has 5 nitrogen and oxygen atoms in total. The molecule has 1 N–H and O–H groups in total. The van der Waals surface area contributed by atoms with Gasteiger partial charge in [0, 0.05) is 12.8 Å². The summed E-state index contributed by atoms with van der Waals surface area (Å²) in [4.78, 5) is 24.5. The number of ether oxygens (including phenoxy) is 2. The standard InChI is InChI=1S/C68H108O5/c1-3-5-7-9-11-13-15-17-19-21-23-24-25-26-27-28-29-30-31-32-33-34-35-36-37-38-39-40-41-42-43-44-45-47-49-51-53-55-57-59-61-63-68(71)73-66(64-69)65-72-67(70)62-60-58-56-54-52-50-48-46-22-20-18-16-14-12-10-8-6-4-2/h5,7,11,13,17,19-20,22-24,26-27,29-30,32-33,35-36,38-39,41-42,44-45,49,51,66,69H,3-4,6,8-10,12,14-16,18,21,25,28,31,34,37,40,43,46-48,50,52-65H2,1-2H3/b7-5-,13-11-,19-17-,22-20-,24-23-,27-26-,30-29-,33-32-,36-35-,39-38-,42-41-,45-44-,51-49-. The van der Waals surface area contributed by atoms with E-state index in [1.165, 1.54) is 83.5 Å². The van der Waals surface area contributed by atoms with Gasteiger partial charge in [-0.3, -0.25) is 9.59 Å². The van der Waals surface area contributed by atoms with Crippen LogP contribution in [-0.4, -0.2) is 36.4 Å². The van der Waals surface area contributed by atoms with Crippen molar-refractivity contribution in [1.82, 2.24) is 0 Å². The summed E-state index contributed by atoms with van der Waals surface area (Å²) in [5, 5.41) is 9.64. The van der Waals surface area contributed by atoms with E-state index in [1.54, 1.807) is 0 Å². The van der Waals surface area contributed by atoms with Crippen LogP contribution in [0.4, 0.5) is 0 Å². The van der Waals surface area contributed by atoms with Gasteiger partial charge in [-0.05, 0) is 128 Å². The molecule has 0 amide bonds. The number of carbonyl (C=O) groups is 2. The van der Waals surface area contributed by atoms with Crippen molar-refractivity contribution in [1.29, 1.82) is 0 Å². The lowest BCUT2D eigenvalue weighted by molar-refractivity contribution is -0.161. The van der Waals surface area contributed by atoms with Gasteiger partial charge >= 0.3 is 11.9 Å². The molecule has 0 aromatic heterocycles. The van der Waals surface area contributed by atoms with E-state index in [1.807, 2.05) is 0 Å². The van der Waals surface area contributed by atoms with Gasteiger partial charge in [0.15, 0.2) is 6.10 Å². The summed E-state index contributed by atoms with van der Waals surface area (Å²) in [6.07, 6.45) is 95.0. The summed E-state index contributed by atoms with van der Waals surface area (Å²) in [5.74, 6) is -0.633. The van der Waals surface area contributed by atoms with E-state index < -0.39 is 6.10 Å².